The highest BCUT2D eigenvalue weighted by atomic mass is 35.5. The van der Waals surface area contributed by atoms with Crippen molar-refractivity contribution in [3.05, 3.63) is 63.9 Å². The van der Waals surface area contributed by atoms with E-state index in [1.54, 1.807) is 6.07 Å². The molecule has 0 saturated heterocycles. The van der Waals surface area contributed by atoms with E-state index in [1.807, 2.05) is 13.8 Å². The summed E-state index contributed by atoms with van der Waals surface area (Å²) in [4.78, 5) is 23.4. The summed E-state index contributed by atoms with van der Waals surface area (Å²) in [6, 6.07) is 8.59. The van der Waals surface area contributed by atoms with Gasteiger partial charge in [-0.2, -0.15) is 0 Å². The Morgan fingerprint density at radius 3 is 2.50 bits per heavy atom. The zero-order chi connectivity index (χ0) is 19.3. The number of carboxylic acids is 1. The number of hydrogen-bond acceptors (Lipinski definition) is 3. The van der Waals surface area contributed by atoms with Gasteiger partial charge >= 0.3 is 5.97 Å². The molecule has 0 aromatic heterocycles. The van der Waals surface area contributed by atoms with Crippen LogP contribution in [0.4, 0.5) is 4.39 Å². The molecule has 1 saturated carbocycles. The van der Waals surface area contributed by atoms with Gasteiger partial charge < -0.3 is 9.84 Å². The maximum atomic E-state index is 13.8. The molecule has 1 fully saturated rings. The van der Waals surface area contributed by atoms with E-state index in [-0.39, 0.29) is 16.9 Å². The lowest BCUT2D eigenvalue weighted by atomic mass is 9.99. The average molecular weight is 379 g/mol. The molecule has 3 rings (SSSR count). The summed E-state index contributed by atoms with van der Waals surface area (Å²) in [6.07, 6.45) is 1.97. The fourth-order valence-corrected chi connectivity index (χ4v) is 2.67. The predicted molar refractivity (Wildman–Crippen MR) is 97.7 cm³/mol. The van der Waals surface area contributed by atoms with Gasteiger partial charge in [-0.3, -0.25) is 4.79 Å². The number of hydrogen-bond donors (Lipinski definition) is 1. The van der Waals surface area contributed by atoms with Crippen molar-refractivity contribution in [2.45, 2.75) is 32.6 Å². The number of ketones is 1. The largest absolute Gasteiger partial charge is 0.481 e. The van der Waals surface area contributed by atoms with E-state index in [2.05, 4.69) is 0 Å². The Hall–Kier alpha value is -2.40. The number of benzene rings is 2. The summed E-state index contributed by atoms with van der Waals surface area (Å²) in [6.45, 7) is 3.42. The van der Waals surface area contributed by atoms with Crippen LogP contribution in [0, 0.1) is 5.82 Å². The highest BCUT2D eigenvalue weighted by Gasteiger charge is 2.26. The second kappa shape index (κ2) is 8.81. The molecule has 4 nitrogen and oxygen atoms in total. The Morgan fingerprint density at radius 2 is 1.88 bits per heavy atom. The number of carbonyl (C=O) groups excluding carboxylic acids is 1. The van der Waals surface area contributed by atoms with Gasteiger partial charge in [0, 0.05) is 10.6 Å². The normalized spacial score (nSPS) is 12.8. The van der Waals surface area contributed by atoms with Crippen LogP contribution >= 0.6 is 11.6 Å². The first kappa shape index (κ1) is 19.9. The van der Waals surface area contributed by atoms with Crippen LogP contribution in [0.5, 0.6) is 5.75 Å². The second-order valence-corrected chi connectivity index (χ2v) is 6.14. The molecule has 0 heterocycles. The van der Waals surface area contributed by atoms with Crippen LogP contribution in [-0.2, 0) is 4.79 Å². The number of ether oxygens (including phenoxy) is 1. The summed E-state index contributed by atoms with van der Waals surface area (Å²) in [7, 11) is 0. The Bertz CT molecular complexity index is 815. The molecule has 1 aliphatic rings. The predicted octanol–water partition coefficient (Wildman–Crippen LogP) is 5.08. The summed E-state index contributed by atoms with van der Waals surface area (Å²) in [5.41, 5.74) is 1.10. The van der Waals surface area contributed by atoms with Gasteiger partial charge in [0.2, 0.25) is 0 Å². The van der Waals surface area contributed by atoms with Crippen LogP contribution in [0.3, 0.4) is 0 Å². The van der Waals surface area contributed by atoms with Crippen molar-refractivity contribution in [2.24, 2.45) is 0 Å². The average Bonchev–Trinajstić information content (AvgIpc) is 3.46. The summed E-state index contributed by atoms with van der Waals surface area (Å²) >= 11 is 5.94. The topological polar surface area (TPSA) is 63.6 Å². The Kier molecular flexibility index (Phi) is 6.75. The van der Waals surface area contributed by atoms with Crippen molar-refractivity contribution >= 4 is 23.4 Å². The number of carboxylic acid groups (broad SMARTS) is 1. The number of carbonyl (C=O) groups is 2. The standard InChI is InChI=1S/C18H14ClFO4.C2H6/c19-13-3-4-16(24-9-17(21)22)15(8-13)18(23)12-5-11(10-1-2-10)6-14(20)7-12;1-2/h3-8,10H,1-2,9H2,(H,21,22);1-2H3. The van der Waals surface area contributed by atoms with E-state index < -0.39 is 24.2 Å². The van der Waals surface area contributed by atoms with Crippen molar-refractivity contribution in [2.75, 3.05) is 6.61 Å². The molecule has 1 N–H and O–H groups in total. The second-order valence-electron chi connectivity index (χ2n) is 5.70. The highest BCUT2D eigenvalue weighted by molar-refractivity contribution is 6.31. The molecule has 1 aliphatic carbocycles. The van der Waals surface area contributed by atoms with Crippen LogP contribution in [0.15, 0.2) is 36.4 Å². The van der Waals surface area contributed by atoms with Crippen molar-refractivity contribution in [3.63, 3.8) is 0 Å². The highest BCUT2D eigenvalue weighted by Crippen LogP contribution is 2.40. The lowest BCUT2D eigenvalue weighted by Crippen LogP contribution is -2.12. The third kappa shape index (κ3) is 5.05. The van der Waals surface area contributed by atoms with Gasteiger partial charge in [-0.05, 0) is 60.7 Å². The third-order valence-corrected chi connectivity index (χ3v) is 4.00. The first-order valence-corrected chi connectivity index (χ1v) is 8.81. The Morgan fingerprint density at radius 1 is 1.19 bits per heavy atom. The minimum atomic E-state index is -1.16. The molecule has 0 radical (unpaired) electrons. The van der Waals surface area contributed by atoms with Crippen molar-refractivity contribution in [1.29, 1.82) is 0 Å². The van der Waals surface area contributed by atoms with Gasteiger partial charge in [-0.25, -0.2) is 9.18 Å². The Balaban J connectivity index is 0.00000117. The molecular formula is C20H20ClFO4. The van der Waals surface area contributed by atoms with Crippen molar-refractivity contribution < 1.29 is 23.8 Å². The van der Waals surface area contributed by atoms with E-state index in [4.69, 9.17) is 21.4 Å². The molecule has 0 atom stereocenters. The first-order chi connectivity index (χ1) is 12.4. The molecule has 26 heavy (non-hydrogen) atoms. The van der Waals surface area contributed by atoms with Gasteiger partial charge in [0.25, 0.3) is 0 Å². The summed E-state index contributed by atoms with van der Waals surface area (Å²) in [5, 5.41) is 9.04. The molecule has 2 aromatic rings. The number of rotatable bonds is 6. The van der Waals surface area contributed by atoms with Crippen LogP contribution in [0.2, 0.25) is 5.02 Å². The molecule has 6 heteroatoms. The molecule has 0 aliphatic heterocycles. The minimum absolute atomic E-state index is 0.101. The van der Waals surface area contributed by atoms with Crippen molar-refractivity contribution in [3.8, 4) is 5.75 Å². The Labute approximate surface area is 156 Å². The lowest BCUT2D eigenvalue weighted by molar-refractivity contribution is -0.139. The fourth-order valence-electron chi connectivity index (χ4n) is 2.50. The van der Waals surface area contributed by atoms with E-state index in [1.165, 1.54) is 24.3 Å². The van der Waals surface area contributed by atoms with Gasteiger partial charge in [-0.15, -0.1) is 0 Å². The van der Waals surface area contributed by atoms with Crippen LogP contribution in [0.25, 0.3) is 0 Å². The quantitative estimate of drug-likeness (QED) is 0.712. The molecule has 138 valence electrons. The zero-order valence-corrected chi connectivity index (χ0v) is 15.3. The third-order valence-electron chi connectivity index (χ3n) is 3.77. The van der Waals surface area contributed by atoms with Crippen LogP contribution < -0.4 is 4.74 Å². The van der Waals surface area contributed by atoms with Crippen molar-refractivity contribution in [1.82, 2.24) is 0 Å². The van der Waals surface area contributed by atoms with E-state index in [0.29, 0.717) is 10.9 Å². The van der Waals surface area contributed by atoms with Gasteiger partial charge in [0.1, 0.15) is 11.6 Å². The molecule has 0 bridgehead atoms. The molecule has 0 spiro atoms. The smallest absolute Gasteiger partial charge is 0.341 e. The first-order valence-electron chi connectivity index (χ1n) is 8.43. The fraction of sp³-hybridized carbons (Fsp3) is 0.300. The number of halogens is 2. The molecular weight excluding hydrogens is 359 g/mol. The maximum Gasteiger partial charge on any atom is 0.341 e. The zero-order valence-electron chi connectivity index (χ0n) is 14.6. The monoisotopic (exact) mass is 378 g/mol. The lowest BCUT2D eigenvalue weighted by Gasteiger charge is -2.11. The van der Waals surface area contributed by atoms with Crippen LogP contribution in [-0.4, -0.2) is 23.5 Å². The number of aliphatic carboxylic acids is 1. The maximum absolute atomic E-state index is 13.8. The van der Waals surface area contributed by atoms with Gasteiger partial charge in [-0.1, -0.05) is 25.4 Å². The van der Waals surface area contributed by atoms with Crippen LogP contribution in [0.1, 0.15) is 54.1 Å². The SMILES string of the molecule is CC.O=C(O)COc1ccc(Cl)cc1C(=O)c1cc(F)cc(C2CC2)c1. The van der Waals surface area contributed by atoms with E-state index in [9.17, 15) is 14.0 Å². The minimum Gasteiger partial charge on any atom is -0.481 e. The molecule has 2 aromatic carbocycles. The summed E-state index contributed by atoms with van der Waals surface area (Å²) in [5.74, 6) is -1.69. The van der Waals surface area contributed by atoms with E-state index >= 15 is 0 Å². The van der Waals surface area contributed by atoms with Gasteiger partial charge in [0.15, 0.2) is 12.4 Å². The molecule has 0 unspecified atom stereocenters. The summed E-state index contributed by atoms with van der Waals surface area (Å²) < 4.78 is 19.0. The van der Waals surface area contributed by atoms with Gasteiger partial charge in [0.05, 0.1) is 5.56 Å². The molecule has 0 amide bonds. The van der Waals surface area contributed by atoms with E-state index in [0.717, 1.165) is 24.5 Å².